The molecule has 0 aliphatic heterocycles. The minimum Gasteiger partial charge on any atom is -0.478 e. The van der Waals surface area contributed by atoms with Crippen molar-refractivity contribution in [3.63, 3.8) is 0 Å². The predicted molar refractivity (Wildman–Crippen MR) is 63.8 cm³/mol. The summed E-state index contributed by atoms with van der Waals surface area (Å²) >= 11 is 1.61. The maximum atomic E-state index is 11.0. The molecule has 0 fully saturated rings. The lowest BCUT2D eigenvalue weighted by Gasteiger charge is -2.10. The molecule has 1 N–H and O–H groups in total. The van der Waals surface area contributed by atoms with Crippen molar-refractivity contribution in [1.29, 1.82) is 0 Å². The Morgan fingerprint density at radius 2 is 2.20 bits per heavy atom. The van der Waals surface area contributed by atoms with Crippen LogP contribution in [0.2, 0.25) is 0 Å². The van der Waals surface area contributed by atoms with E-state index in [0.717, 1.165) is 29.7 Å². The first-order chi connectivity index (χ1) is 7.20. The van der Waals surface area contributed by atoms with Crippen molar-refractivity contribution in [2.45, 2.75) is 31.1 Å². The molecule has 1 aromatic rings. The van der Waals surface area contributed by atoms with Crippen LogP contribution in [0, 0.1) is 0 Å². The van der Waals surface area contributed by atoms with Crippen molar-refractivity contribution in [2.24, 2.45) is 0 Å². The van der Waals surface area contributed by atoms with E-state index in [9.17, 15) is 4.79 Å². The third-order valence-electron chi connectivity index (χ3n) is 2.36. The molecule has 0 atom stereocenters. The van der Waals surface area contributed by atoms with Crippen LogP contribution in [0.3, 0.4) is 0 Å². The number of hydrogen-bond acceptors (Lipinski definition) is 2. The summed E-state index contributed by atoms with van der Waals surface area (Å²) < 4.78 is 0. The van der Waals surface area contributed by atoms with Gasteiger partial charge in [0.05, 0.1) is 5.56 Å². The molecule has 2 nitrogen and oxygen atoms in total. The monoisotopic (exact) mass is 224 g/mol. The molecule has 0 amide bonds. The molecule has 0 aliphatic rings. The maximum Gasteiger partial charge on any atom is 0.336 e. The smallest absolute Gasteiger partial charge is 0.336 e. The van der Waals surface area contributed by atoms with E-state index in [2.05, 4.69) is 6.92 Å². The molecule has 0 aromatic heterocycles. The zero-order valence-corrected chi connectivity index (χ0v) is 9.93. The molecule has 82 valence electrons. The summed E-state index contributed by atoms with van der Waals surface area (Å²) in [6.45, 7) is 2.11. The van der Waals surface area contributed by atoms with Gasteiger partial charge in [0.15, 0.2) is 0 Å². The zero-order chi connectivity index (χ0) is 11.3. The second kappa shape index (κ2) is 5.81. The summed E-state index contributed by atoms with van der Waals surface area (Å²) in [6, 6.07) is 5.49. The Hall–Kier alpha value is -0.960. The lowest BCUT2D eigenvalue weighted by Crippen LogP contribution is -2.03. The Labute approximate surface area is 94.7 Å². The third-order valence-corrected chi connectivity index (χ3v) is 3.19. The lowest BCUT2D eigenvalue weighted by atomic mass is 10.0. The van der Waals surface area contributed by atoms with Gasteiger partial charge in [0, 0.05) is 4.90 Å². The average Bonchev–Trinajstić information content (AvgIpc) is 2.25. The van der Waals surface area contributed by atoms with E-state index in [1.807, 2.05) is 18.4 Å². The largest absolute Gasteiger partial charge is 0.478 e. The van der Waals surface area contributed by atoms with Gasteiger partial charge in [0.2, 0.25) is 0 Å². The standard InChI is InChI=1S/C12H16O2S/c1-3-4-6-9-10(12(13)14)7-5-8-11(9)15-2/h5,7-8H,3-4,6H2,1-2H3,(H,13,14). The van der Waals surface area contributed by atoms with Gasteiger partial charge in [-0.1, -0.05) is 19.4 Å². The number of carbonyl (C=O) groups is 1. The number of aromatic carboxylic acids is 1. The summed E-state index contributed by atoms with van der Waals surface area (Å²) in [7, 11) is 0. The Morgan fingerprint density at radius 3 is 2.73 bits per heavy atom. The van der Waals surface area contributed by atoms with E-state index in [4.69, 9.17) is 5.11 Å². The molecule has 15 heavy (non-hydrogen) atoms. The SMILES string of the molecule is CCCCc1c(SC)cccc1C(=O)O. The average molecular weight is 224 g/mol. The number of carboxylic acid groups (broad SMARTS) is 1. The van der Waals surface area contributed by atoms with E-state index >= 15 is 0 Å². The van der Waals surface area contributed by atoms with Crippen LogP contribution >= 0.6 is 11.8 Å². The first kappa shape index (κ1) is 12.1. The molecule has 0 heterocycles. The predicted octanol–water partition coefficient (Wildman–Crippen LogP) is 3.45. The second-order valence-corrected chi connectivity index (χ2v) is 4.24. The third kappa shape index (κ3) is 2.99. The van der Waals surface area contributed by atoms with Crippen LogP contribution in [-0.4, -0.2) is 17.3 Å². The fourth-order valence-corrected chi connectivity index (χ4v) is 2.24. The molecule has 0 unspecified atom stereocenters. The number of unbranched alkanes of at least 4 members (excludes halogenated alkanes) is 1. The number of rotatable bonds is 5. The Balaban J connectivity index is 3.08. The highest BCUT2D eigenvalue weighted by atomic mass is 32.2. The van der Waals surface area contributed by atoms with Crippen molar-refractivity contribution in [2.75, 3.05) is 6.26 Å². The highest BCUT2D eigenvalue weighted by Crippen LogP contribution is 2.25. The molecule has 3 heteroatoms. The first-order valence-electron chi connectivity index (χ1n) is 5.09. The molecule has 0 radical (unpaired) electrons. The minimum atomic E-state index is -0.822. The quantitative estimate of drug-likeness (QED) is 0.778. The molecule has 0 saturated heterocycles. The highest BCUT2D eigenvalue weighted by Gasteiger charge is 2.12. The lowest BCUT2D eigenvalue weighted by molar-refractivity contribution is 0.0695. The number of hydrogen-bond donors (Lipinski definition) is 1. The minimum absolute atomic E-state index is 0.454. The van der Waals surface area contributed by atoms with Crippen LogP contribution in [0.25, 0.3) is 0 Å². The first-order valence-corrected chi connectivity index (χ1v) is 6.32. The van der Waals surface area contributed by atoms with Crippen LogP contribution < -0.4 is 0 Å². The number of thioether (sulfide) groups is 1. The van der Waals surface area contributed by atoms with E-state index in [0.29, 0.717) is 5.56 Å². The van der Waals surface area contributed by atoms with Gasteiger partial charge in [-0.15, -0.1) is 11.8 Å². The van der Waals surface area contributed by atoms with Gasteiger partial charge in [0.1, 0.15) is 0 Å². The Kier molecular flexibility index (Phi) is 4.69. The van der Waals surface area contributed by atoms with Gasteiger partial charge in [-0.25, -0.2) is 4.79 Å². The van der Waals surface area contributed by atoms with Crippen molar-refractivity contribution < 1.29 is 9.90 Å². The summed E-state index contributed by atoms with van der Waals surface area (Å²) in [5, 5.41) is 9.08. The van der Waals surface area contributed by atoms with Crippen molar-refractivity contribution in [3.8, 4) is 0 Å². The summed E-state index contributed by atoms with van der Waals surface area (Å²) in [5.41, 5.74) is 1.44. The van der Waals surface area contributed by atoms with E-state index in [-0.39, 0.29) is 0 Å². The molecule has 0 saturated carbocycles. The zero-order valence-electron chi connectivity index (χ0n) is 9.12. The van der Waals surface area contributed by atoms with E-state index < -0.39 is 5.97 Å². The summed E-state index contributed by atoms with van der Waals surface area (Å²) in [5.74, 6) is -0.822. The molecule has 0 spiro atoms. The fourth-order valence-electron chi connectivity index (χ4n) is 1.57. The molecular weight excluding hydrogens is 208 g/mol. The number of carboxylic acids is 1. The molecule has 1 rings (SSSR count). The van der Waals surface area contributed by atoms with Crippen molar-refractivity contribution in [3.05, 3.63) is 29.3 Å². The van der Waals surface area contributed by atoms with Crippen LogP contribution in [0.4, 0.5) is 0 Å². The maximum absolute atomic E-state index is 11.0. The van der Waals surface area contributed by atoms with Crippen LogP contribution in [0.5, 0.6) is 0 Å². The van der Waals surface area contributed by atoms with E-state index in [1.54, 1.807) is 17.8 Å². The van der Waals surface area contributed by atoms with Gasteiger partial charge < -0.3 is 5.11 Å². The van der Waals surface area contributed by atoms with Gasteiger partial charge in [-0.2, -0.15) is 0 Å². The molecule has 1 aromatic carbocycles. The Bertz CT molecular complexity index is 347. The molecular formula is C12H16O2S. The highest BCUT2D eigenvalue weighted by molar-refractivity contribution is 7.98. The Morgan fingerprint density at radius 1 is 1.47 bits per heavy atom. The summed E-state index contributed by atoms with van der Waals surface area (Å²) in [4.78, 5) is 12.1. The fraction of sp³-hybridized carbons (Fsp3) is 0.417. The van der Waals surface area contributed by atoms with Crippen molar-refractivity contribution >= 4 is 17.7 Å². The van der Waals surface area contributed by atoms with Crippen LogP contribution in [0.15, 0.2) is 23.1 Å². The van der Waals surface area contributed by atoms with Gasteiger partial charge in [0.25, 0.3) is 0 Å². The second-order valence-electron chi connectivity index (χ2n) is 3.40. The van der Waals surface area contributed by atoms with Crippen LogP contribution in [-0.2, 0) is 6.42 Å². The van der Waals surface area contributed by atoms with Crippen molar-refractivity contribution in [1.82, 2.24) is 0 Å². The van der Waals surface area contributed by atoms with E-state index in [1.165, 1.54) is 0 Å². The van der Waals surface area contributed by atoms with Crippen LogP contribution in [0.1, 0.15) is 35.7 Å². The van der Waals surface area contributed by atoms with Gasteiger partial charge in [-0.3, -0.25) is 0 Å². The summed E-state index contributed by atoms with van der Waals surface area (Å²) in [6.07, 6.45) is 4.96. The number of benzene rings is 1. The topological polar surface area (TPSA) is 37.3 Å². The normalized spacial score (nSPS) is 10.3. The van der Waals surface area contributed by atoms with Gasteiger partial charge >= 0.3 is 5.97 Å². The molecule has 0 aliphatic carbocycles. The molecule has 0 bridgehead atoms. The van der Waals surface area contributed by atoms with Gasteiger partial charge in [-0.05, 0) is 36.8 Å².